The van der Waals surface area contributed by atoms with Gasteiger partial charge in [-0.15, -0.1) is 0 Å². The predicted molar refractivity (Wildman–Crippen MR) is 121 cm³/mol. The van der Waals surface area contributed by atoms with Gasteiger partial charge in [0.1, 0.15) is 12.4 Å². The van der Waals surface area contributed by atoms with E-state index in [4.69, 9.17) is 39.5 Å². The minimum atomic E-state index is -0.213. The fourth-order valence-electron chi connectivity index (χ4n) is 2.95. The number of para-hydroxylation sites is 1. The molecule has 0 radical (unpaired) electrons. The van der Waals surface area contributed by atoms with Gasteiger partial charge in [-0.2, -0.15) is 0 Å². The second kappa shape index (κ2) is 8.96. The maximum atomic E-state index is 13.1. The third kappa shape index (κ3) is 4.54. The molecule has 152 valence electrons. The van der Waals surface area contributed by atoms with Crippen molar-refractivity contribution in [1.82, 2.24) is 9.66 Å². The molecule has 0 saturated heterocycles. The van der Waals surface area contributed by atoms with Crippen molar-refractivity contribution in [2.45, 2.75) is 13.2 Å². The Labute approximate surface area is 187 Å². The number of rotatable bonds is 6. The predicted octanol–water partition coefficient (Wildman–Crippen LogP) is 5.68. The van der Waals surface area contributed by atoms with Gasteiger partial charge in [-0.25, -0.2) is 9.66 Å². The molecule has 0 saturated carbocycles. The Bertz CT molecular complexity index is 1260. The summed E-state index contributed by atoms with van der Waals surface area (Å²) in [6, 6.07) is 19.5. The summed E-state index contributed by atoms with van der Waals surface area (Å²) in [6.45, 7) is 0.445. The molecule has 0 aliphatic heterocycles. The first-order chi connectivity index (χ1) is 14.5. The van der Waals surface area contributed by atoms with Crippen LogP contribution in [0.1, 0.15) is 11.4 Å². The van der Waals surface area contributed by atoms with Gasteiger partial charge in [-0.3, -0.25) is 4.79 Å². The average molecular weight is 461 g/mol. The molecule has 8 heteroatoms. The van der Waals surface area contributed by atoms with Crippen molar-refractivity contribution in [1.29, 1.82) is 0 Å². The highest BCUT2D eigenvalue weighted by atomic mass is 35.5. The van der Waals surface area contributed by atoms with Crippen LogP contribution in [0.5, 0.6) is 5.75 Å². The number of hydrogen-bond donors (Lipinski definition) is 1. The zero-order valence-corrected chi connectivity index (χ0v) is 17.9. The number of hydrogen-bond acceptors (Lipinski definition) is 4. The summed E-state index contributed by atoms with van der Waals surface area (Å²) >= 11 is 18.1. The molecule has 0 aliphatic carbocycles. The number of nitrogens with one attached hydrogen (secondary N) is 1. The molecule has 4 rings (SSSR count). The van der Waals surface area contributed by atoms with E-state index in [0.717, 1.165) is 5.56 Å². The van der Waals surface area contributed by atoms with E-state index in [2.05, 4.69) is 10.4 Å². The van der Waals surface area contributed by atoms with Crippen molar-refractivity contribution in [2.75, 3.05) is 5.43 Å². The minimum absolute atomic E-state index is 0.0368. The molecule has 0 amide bonds. The molecule has 1 heterocycles. The molecule has 0 fully saturated rings. The van der Waals surface area contributed by atoms with Crippen molar-refractivity contribution < 1.29 is 4.74 Å². The van der Waals surface area contributed by atoms with Gasteiger partial charge in [0, 0.05) is 10.0 Å². The monoisotopic (exact) mass is 459 g/mol. The molecule has 5 nitrogen and oxygen atoms in total. The number of nitrogens with zero attached hydrogens (tertiary/aromatic N) is 2. The van der Waals surface area contributed by atoms with E-state index in [1.165, 1.54) is 4.68 Å². The first kappa shape index (κ1) is 20.5. The van der Waals surface area contributed by atoms with Crippen molar-refractivity contribution in [3.63, 3.8) is 0 Å². The Morgan fingerprint density at radius 1 is 0.933 bits per heavy atom. The molecule has 1 aromatic heterocycles. The lowest BCUT2D eigenvalue weighted by molar-refractivity contribution is 0.290. The fraction of sp³-hybridized carbons (Fsp3) is 0.0909. The summed E-state index contributed by atoms with van der Waals surface area (Å²) in [5, 5.41) is 2.05. The van der Waals surface area contributed by atoms with Crippen LogP contribution in [-0.4, -0.2) is 9.66 Å². The number of benzene rings is 3. The largest absolute Gasteiger partial charge is 0.484 e. The fourth-order valence-corrected chi connectivity index (χ4v) is 3.53. The summed E-state index contributed by atoms with van der Waals surface area (Å²) < 4.78 is 7.22. The van der Waals surface area contributed by atoms with E-state index in [9.17, 15) is 4.79 Å². The number of fused-ring (bicyclic) bond motifs is 1. The van der Waals surface area contributed by atoms with Gasteiger partial charge in [0.25, 0.3) is 5.56 Å². The quantitative estimate of drug-likeness (QED) is 0.402. The first-order valence-electron chi connectivity index (χ1n) is 9.08. The number of aromatic nitrogens is 2. The van der Waals surface area contributed by atoms with Gasteiger partial charge < -0.3 is 10.2 Å². The minimum Gasteiger partial charge on any atom is -0.484 e. The summed E-state index contributed by atoms with van der Waals surface area (Å²) in [5.41, 5.74) is 4.48. The Balaban J connectivity index is 1.66. The van der Waals surface area contributed by atoms with Crippen LogP contribution in [0.15, 0.2) is 71.5 Å². The van der Waals surface area contributed by atoms with Gasteiger partial charge in [-0.1, -0.05) is 59.1 Å². The maximum Gasteiger partial charge on any atom is 0.280 e. The van der Waals surface area contributed by atoms with Crippen LogP contribution in [-0.2, 0) is 13.2 Å². The van der Waals surface area contributed by atoms with E-state index in [0.29, 0.717) is 44.1 Å². The molecule has 3 aromatic carbocycles. The van der Waals surface area contributed by atoms with E-state index < -0.39 is 0 Å². The van der Waals surface area contributed by atoms with Crippen LogP contribution in [0.25, 0.3) is 10.9 Å². The van der Waals surface area contributed by atoms with Crippen molar-refractivity contribution >= 4 is 45.7 Å². The molecule has 30 heavy (non-hydrogen) atoms. The SMILES string of the molecule is O=c1c2ccccc2nc(COc2ccc(Cl)cc2Cl)n1NCc1ccc(Cl)cc1. The molecule has 4 aromatic rings. The molecule has 0 atom stereocenters. The lowest BCUT2D eigenvalue weighted by Gasteiger charge is -2.16. The third-order valence-corrected chi connectivity index (χ3v) is 5.23. The van der Waals surface area contributed by atoms with Gasteiger partial charge in [-0.05, 0) is 48.0 Å². The third-order valence-electron chi connectivity index (χ3n) is 4.45. The highest BCUT2D eigenvalue weighted by Gasteiger charge is 2.13. The first-order valence-corrected chi connectivity index (χ1v) is 10.2. The summed E-state index contributed by atoms with van der Waals surface area (Å²) in [6.07, 6.45) is 0. The van der Waals surface area contributed by atoms with E-state index in [1.54, 1.807) is 48.5 Å². The van der Waals surface area contributed by atoms with Crippen LogP contribution in [0.3, 0.4) is 0 Å². The second-order valence-corrected chi connectivity index (χ2v) is 7.79. The van der Waals surface area contributed by atoms with Crippen LogP contribution in [0, 0.1) is 0 Å². The normalized spacial score (nSPS) is 10.9. The van der Waals surface area contributed by atoms with E-state index >= 15 is 0 Å². The Morgan fingerprint density at radius 3 is 2.43 bits per heavy atom. The molecule has 0 bridgehead atoms. The van der Waals surface area contributed by atoms with E-state index in [-0.39, 0.29) is 12.2 Å². The van der Waals surface area contributed by atoms with Crippen LogP contribution < -0.4 is 15.7 Å². The molecule has 1 N–H and O–H groups in total. The van der Waals surface area contributed by atoms with Gasteiger partial charge >= 0.3 is 0 Å². The van der Waals surface area contributed by atoms with Gasteiger partial charge in [0.2, 0.25) is 0 Å². The lowest BCUT2D eigenvalue weighted by atomic mass is 10.2. The molecular weight excluding hydrogens is 445 g/mol. The summed E-state index contributed by atoms with van der Waals surface area (Å²) in [7, 11) is 0. The topological polar surface area (TPSA) is 56.1 Å². The van der Waals surface area contributed by atoms with Crippen LogP contribution in [0.4, 0.5) is 0 Å². The standard InChI is InChI=1S/C22H16Cl3N3O2/c23-15-7-5-14(6-8-15)12-26-28-21(13-30-20-10-9-16(24)11-18(20)25)27-19-4-2-1-3-17(19)22(28)29/h1-11,26H,12-13H2. The highest BCUT2D eigenvalue weighted by Crippen LogP contribution is 2.28. The highest BCUT2D eigenvalue weighted by molar-refractivity contribution is 6.35. The maximum absolute atomic E-state index is 13.1. The van der Waals surface area contributed by atoms with Crippen molar-refractivity contribution in [2.24, 2.45) is 0 Å². The van der Waals surface area contributed by atoms with Crippen molar-refractivity contribution in [3.05, 3.63) is 104 Å². The second-order valence-electron chi connectivity index (χ2n) is 6.51. The zero-order chi connectivity index (χ0) is 21.1. The Kier molecular flexibility index (Phi) is 6.13. The molecule has 0 aliphatic rings. The smallest absolute Gasteiger partial charge is 0.280 e. The van der Waals surface area contributed by atoms with E-state index in [1.807, 2.05) is 18.2 Å². The number of halogens is 3. The van der Waals surface area contributed by atoms with Crippen LogP contribution in [0.2, 0.25) is 15.1 Å². The Hall–Kier alpha value is -2.73. The van der Waals surface area contributed by atoms with Gasteiger partial charge in [0.15, 0.2) is 5.82 Å². The number of ether oxygens (including phenoxy) is 1. The summed E-state index contributed by atoms with van der Waals surface area (Å²) in [4.78, 5) is 17.7. The molecular formula is C22H16Cl3N3O2. The zero-order valence-electron chi connectivity index (χ0n) is 15.6. The molecule has 0 spiro atoms. The van der Waals surface area contributed by atoms with Crippen molar-refractivity contribution in [3.8, 4) is 5.75 Å². The average Bonchev–Trinajstić information content (AvgIpc) is 2.74. The van der Waals surface area contributed by atoms with Crippen LogP contribution >= 0.6 is 34.8 Å². The molecule has 0 unspecified atom stereocenters. The summed E-state index contributed by atoms with van der Waals surface area (Å²) in [5.74, 6) is 0.867. The lowest BCUT2D eigenvalue weighted by Crippen LogP contribution is -2.33. The Morgan fingerprint density at radius 2 is 1.67 bits per heavy atom. The van der Waals surface area contributed by atoms with Gasteiger partial charge in [0.05, 0.1) is 22.5 Å².